The van der Waals surface area contributed by atoms with Crippen LogP contribution in [0.2, 0.25) is 0 Å². The fraction of sp³-hybridized carbons (Fsp3) is 0.194. The Labute approximate surface area is 261 Å². The number of rotatable bonds is 9. The van der Waals surface area contributed by atoms with Crippen LogP contribution in [0.15, 0.2) is 110 Å². The van der Waals surface area contributed by atoms with E-state index in [4.69, 9.17) is 0 Å². The number of nitrogens with zero attached hydrogens (tertiary/aromatic N) is 5. The molecule has 0 saturated carbocycles. The number of benzene rings is 3. The predicted molar refractivity (Wildman–Crippen MR) is 173 cm³/mol. The van der Waals surface area contributed by atoms with Gasteiger partial charge in [0.2, 0.25) is 11.8 Å². The van der Waals surface area contributed by atoms with Crippen LogP contribution in [0.5, 0.6) is 0 Å². The molecule has 0 aliphatic carbocycles. The van der Waals surface area contributed by atoms with E-state index in [2.05, 4.69) is 27.1 Å². The first-order valence-corrected chi connectivity index (χ1v) is 15.5. The Balaban J connectivity index is 1.34. The molecule has 5 aromatic rings. The molecule has 3 heterocycles. The lowest BCUT2D eigenvalue weighted by atomic mass is 9.97. The van der Waals surface area contributed by atoms with Crippen LogP contribution < -0.4 is 0 Å². The van der Waals surface area contributed by atoms with Gasteiger partial charge in [0.1, 0.15) is 6.04 Å². The van der Waals surface area contributed by atoms with Gasteiger partial charge in [-0.3, -0.25) is 9.59 Å². The van der Waals surface area contributed by atoms with Crippen LogP contribution in [0.25, 0.3) is 17.5 Å². The standard InChI is InChI=1S/C36H33N5O2S/c1-26-39-23-32(44-26)16-17-34(42)41(24-28-12-14-30(15-13-28)35-37-19-7-20-38-35)33(22-27-8-3-2-4-9-27)36(43)40-21-18-29-10-5-6-11-31(29)25-40/h2-17,19-20,23,33H,18,21-22,24-25H2,1H3. The van der Waals surface area contributed by atoms with Gasteiger partial charge in [0.25, 0.3) is 0 Å². The van der Waals surface area contributed by atoms with Gasteiger partial charge in [0.15, 0.2) is 5.82 Å². The highest BCUT2D eigenvalue weighted by Crippen LogP contribution is 2.24. The quantitative estimate of drug-likeness (QED) is 0.190. The molecule has 7 nitrogen and oxygen atoms in total. The van der Waals surface area contributed by atoms with Crippen molar-refractivity contribution in [2.24, 2.45) is 0 Å². The molecular weight excluding hydrogens is 566 g/mol. The molecule has 8 heteroatoms. The summed E-state index contributed by atoms with van der Waals surface area (Å²) in [5.74, 6) is 0.364. The van der Waals surface area contributed by atoms with Crippen molar-refractivity contribution in [3.05, 3.63) is 142 Å². The van der Waals surface area contributed by atoms with Gasteiger partial charge in [-0.05, 0) is 47.7 Å². The molecule has 220 valence electrons. The Morgan fingerprint density at radius 1 is 0.886 bits per heavy atom. The summed E-state index contributed by atoms with van der Waals surface area (Å²) in [6.45, 7) is 3.36. The first kappa shape index (κ1) is 29.1. The lowest BCUT2D eigenvalue weighted by Gasteiger charge is -2.37. The first-order chi connectivity index (χ1) is 21.5. The number of amides is 2. The highest BCUT2D eigenvalue weighted by molar-refractivity contribution is 7.12. The van der Waals surface area contributed by atoms with E-state index >= 15 is 0 Å². The van der Waals surface area contributed by atoms with Crippen LogP contribution >= 0.6 is 11.3 Å². The molecule has 0 fully saturated rings. The number of fused-ring (bicyclic) bond motifs is 1. The van der Waals surface area contributed by atoms with E-state index in [9.17, 15) is 9.59 Å². The zero-order chi connectivity index (χ0) is 30.3. The summed E-state index contributed by atoms with van der Waals surface area (Å²) in [6.07, 6.45) is 9.75. The lowest BCUT2D eigenvalue weighted by molar-refractivity contribution is -0.144. The van der Waals surface area contributed by atoms with Crippen LogP contribution in [-0.2, 0) is 35.5 Å². The van der Waals surface area contributed by atoms with E-state index in [0.717, 1.165) is 38.6 Å². The average molecular weight is 600 g/mol. The van der Waals surface area contributed by atoms with Gasteiger partial charge in [-0.1, -0.05) is 78.9 Å². The van der Waals surface area contributed by atoms with Crippen molar-refractivity contribution in [2.45, 2.75) is 38.9 Å². The Bertz CT molecular complexity index is 1750. The predicted octanol–water partition coefficient (Wildman–Crippen LogP) is 6.15. The topological polar surface area (TPSA) is 79.3 Å². The molecule has 44 heavy (non-hydrogen) atoms. The van der Waals surface area contributed by atoms with Gasteiger partial charge in [-0.25, -0.2) is 15.0 Å². The monoisotopic (exact) mass is 599 g/mol. The SMILES string of the molecule is Cc1ncc(C=CC(=O)N(Cc2ccc(-c3ncccn3)cc2)C(Cc2ccccc2)C(=O)N2CCc3ccccc3C2)s1. The van der Waals surface area contributed by atoms with Crippen molar-refractivity contribution >= 4 is 29.2 Å². The summed E-state index contributed by atoms with van der Waals surface area (Å²) in [7, 11) is 0. The van der Waals surface area contributed by atoms with E-state index in [1.165, 1.54) is 16.9 Å². The lowest BCUT2D eigenvalue weighted by Crippen LogP contribution is -2.52. The number of carbonyl (C=O) groups is 2. The second-order valence-electron chi connectivity index (χ2n) is 10.8. The maximum atomic E-state index is 14.4. The summed E-state index contributed by atoms with van der Waals surface area (Å²) in [5.41, 5.74) is 5.23. The van der Waals surface area contributed by atoms with Crippen molar-refractivity contribution in [2.75, 3.05) is 6.54 Å². The van der Waals surface area contributed by atoms with E-state index in [1.54, 1.807) is 41.7 Å². The minimum absolute atomic E-state index is 0.0481. The zero-order valence-corrected chi connectivity index (χ0v) is 25.4. The smallest absolute Gasteiger partial charge is 0.247 e. The minimum atomic E-state index is -0.694. The number of hydrogen-bond donors (Lipinski definition) is 0. The molecule has 3 aromatic carbocycles. The third kappa shape index (κ3) is 6.98. The number of aryl methyl sites for hydroxylation is 1. The molecule has 1 unspecified atom stereocenters. The van der Waals surface area contributed by atoms with E-state index in [1.807, 2.05) is 78.6 Å². The molecule has 6 rings (SSSR count). The van der Waals surface area contributed by atoms with Crippen LogP contribution in [0, 0.1) is 6.92 Å². The number of hydrogen-bond acceptors (Lipinski definition) is 6. The van der Waals surface area contributed by atoms with Crippen molar-refractivity contribution in [1.29, 1.82) is 0 Å². The van der Waals surface area contributed by atoms with Crippen LogP contribution in [-0.4, -0.2) is 49.2 Å². The fourth-order valence-corrected chi connectivity index (χ4v) is 6.20. The highest BCUT2D eigenvalue weighted by Gasteiger charge is 2.34. The van der Waals surface area contributed by atoms with Gasteiger partial charge in [0.05, 0.1) is 5.01 Å². The summed E-state index contributed by atoms with van der Waals surface area (Å²) >= 11 is 1.52. The van der Waals surface area contributed by atoms with Crippen LogP contribution in [0.1, 0.15) is 32.1 Å². The minimum Gasteiger partial charge on any atom is -0.336 e. The van der Waals surface area contributed by atoms with Crippen LogP contribution in [0.4, 0.5) is 0 Å². The Kier molecular flexibility index (Phi) is 8.98. The molecule has 1 aliphatic rings. The average Bonchev–Trinajstić information content (AvgIpc) is 3.50. The van der Waals surface area contributed by atoms with E-state index in [-0.39, 0.29) is 18.4 Å². The highest BCUT2D eigenvalue weighted by atomic mass is 32.1. The van der Waals surface area contributed by atoms with E-state index < -0.39 is 6.04 Å². The second-order valence-corrected chi connectivity index (χ2v) is 12.1. The summed E-state index contributed by atoms with van der Waals surface area (Å²) < 4.78 is 0. The molecule has 0 spiro atoms. The molecular formula is C36H33N5O2S. The normalized spacial score (nSPS) is 13.4. The van der Waals surface area contributed by atoms with Gasteiger partial charge < -0.3 is 9.80 Å². The molecule has 0 bridgehead atoms. The summed E-state index contributed by atoms with van der Waals surface area (Å²) in [4.78, 5) is 46.0. The zero-order valence-electron chi connectivity index (χ0n) is 24.5. The van der Waals surface area contributed by atoms with E-state index in [0.29, 0.717) is 25.3 Å². The van der Waals surface area contributed by atoms with Crippen molar-refractivity contribution in [3.63, 3.8) is 0 Å². The molecule has 0 N–H and O–H groups in total. The van der Waals surface area contributed by atoms with Crippen LogP contribution in [0.3, 0.4) is 0 Å². The first-order valence-electron chi connectivity index (χ1n) is 14.7. The van der Waals surface area contributed by atoms with Gasteiger partial charge in [-0.15, -0.1) is 11.3 Å². The van der Waals surface area contributed by atoms with Crippen molar-refractivity contribution in [1.82, 2.24) is 24.8 Å². The van der Waals surface area contributed by atoms with Crippen molar-refractivity contribution in [3.8, 4) is 11.4 Å². The molecule has 1 aliphatic heterocycles. The number of aromatic nitrogens is 3. The Morgan fingerprint density at radius 3 is 2.34 bits per heavy atom. The number of carbonyl (C=O) groups excluding carboxylic acids is 2. The molecule has 0 saturated heterocycles. The summed E-state index contributed by atoms with van der Waals surface area (Å²) in [5, 5.41) is 0.930. The Morgan fingerprint density at radius 2 is 1.61 bits per heavy atom. The molecule has 2 amide bonds. The summed E-state index contributed by atoms with van der Waals surface area (Å²) in [6, 6.07) is 27.2. The fourth-order valence-electron chi connectivity index (χ4n) is 5.51. The van der Waals surface area contributed by atoms with Crippen molar-refractivity contribution < 1.29 is 9.59 Å². The molecule has 2 aromatic heterocycles. The van der Waals surface area contributed by atoms with Gasteiger partial charge in [0, 0.05) is 61.2 Å². The third-order valence-electron chi connectivity index (χ3n) is 7.82. The number of thiazole rings is 1. The van der Waals surface area contributed by atoms with Gasteiger partial charge in [-0.2, -0.15) is 0 Å². The largest absolute Gasteiger partial charge is 0.336 e. The maximum Gasteiger partial charge on any atom is 0.247 e. The molecule has 0 radical (unpaired) electrons. The maximum absolute atomic E-state index is 14.4. The third-order valence-corrected chi connectivity index (χ3v) is 8.70. The Hall–Kier alpha value is -4.95. The van der Waals surface area contributed by atoms with Gasteiger partial charge >= 0.3 is 0 Å². The second kappa shape index (κ2) is 13.6. The molecule has 1 atom stereocenters.